The number of ketones is 1. The molecule has 0 bridgehead atoms. The van der Waals surface area contributed by atoms with Gasteiger partial charge in [0.05, 0.1) is 32.0 Å². The van der Waals surface area contributed by atoms with Gasteiger partial charge in [0.25, 0.3) is 0 Å². The number of hydrogen-bond donors (Lipinski definition) is 5. The number of phosphoric ester groups is 1. The minimum Gasteiger partial charge on any atom is -0.462 e. The summed E-state index contributed by atoms with van der Waals surface area (Å²) in [5.74, 6) is -1.25. The molecule has 1 fully saturated rings. The zero-order valence-corrected chi connectivity index (χ0v) is 32.5. The highest BCUT2D eigenvalue weighted by molar-refractivity contribution is 7.47. The van der Waals surface area contributed by atoms with Gasteiger partial charge in [0, 0.05) is 31.1 Å². The minimum absolute atomic E-state index is 0.00620. The van der Waals surface area contributed by atoms with Gasteiger partial charge < -0.3 is 34.8 Å². The molecule has 0 aromatic heterocycles. The summed E-state index contributed by atoms with van der Waals surface area (Å²) >= 11 is 0. The Bertz CT molecular complexity index is 1090. The van der Waals surface area contributed by atoms with Crippen LogP contribution in [0.1, 0.15) is 130 Å². The monoisotopic (exact) mass is 762 g/mol. The zero-order chi connectivity index (χ0) is 38.8. The lowest BCUT2D eigenvalue weighted by Crippen LogP contribution is -2.29. The fourth-order valence-electron chi connectivity index (χ4n) is 5.80. The highest BCUT2D eigenvalue weighted by Gasteiger charge is 2.39. The Morgan fingerprint density at radius 1 is 0.885 bits per heavy atom. The average molecular weight is 763 g/mol. The molecule has 0 radical (unpaired) electrons. The van der Waals surface area contributed by atoms with Crippen molar-refractivity contribution in [3.63, 3.8) is 0 Å². The van der Waals surface area contributed by atoms with Crippen LogP contribution in [0.15, 0.2) is 24.3 Å². The summed E-state index contributed by atoms with van der Waals surface area (Å²) in [5, 5.41) is 38.9. The highest BCUT2D eigenvalue weighted by atomic mass is 31.2. The molecule has 1 aliphatic rings. The molecule has 1 aliphatic carbocycles. The Morgan fingerprint density at radius 2 is 1.54 bits per heavy atom. The molecule has 0 spiro atoms. The second kappa shape index (κ2) is 28.5. The summed E-state index contributed by atoms with van der Waals surface area (Å²) in [6.07, 6.45) is 15.6. The summed E-state index contributed by atoms with van der Waals surface area (Å²) in [6.45, 7) is 4.14. The number of aliphatic hydroxyl groups excluding tert-OH is 4. The molecular formula is C38H67O13P. The summed E-state index contributed by atoms with van der Waals surface area (Å²) in [5.41, 5.74) is 0. The quantitative estimate of drug-likeness (QED) is 0.0242. The fourth-order valence-corrected chi connectivity index (χ4v) is 6.59. The first-order valence-corrected chi connectivity index (χ1v) is 20.7. The first kappa shape index (κ1) is 48.1. The van der Waals surface area contributed by atoms with Crippen LogP contribution in [0.2, 0.25) is 0 Å². The Morgan fingerprint density at radius 3 is 2.23 bits per heavy atom. The minimum atomic E-state index is -4.68. The van der Waals surface area contributed by atoms with Crippen LogP contribution >= 0.6 is 7.82 Å². The number of allylic oxidation sites excluding steroid dienone is 3. The number of esters is 2. The van der Waals surface area contributed by atoms with Crippen LogP contribution in [0.3, 0.4) is 0 Å². The average Bonchev–Trinajstić information content (AvgIpc) is 3.37. The van der Waals surface area contributed by atoms with Crippen molar-refractivity contribution in [2.24, 2.45) is 17.8 Å². The number of Topliss-reactive ketones (excluding diaryl/α,β-unsaturated/α-hetero) is 1. The topological polar surface area (TPSA) is 206 Å². The number of carbonyl (C=O) groups excluding carboxylic acids is 3. The first-order chi connectivity index (χ1) is 24.8. The van der Waals surface area contributed by atoms with Crippen LogP contribution in [0.4, 0.5) is 0 Å². The molecule has 7 atom stereocenters. The summed E-state index contributed by atoms with van der Waals surface area (Å²) in [6, 6.07) is 0. The van der Waals surface area contributed by atoms with E-state index in [1.165, 1.54) is 19.3 Å². The molecule has 0 aromatic rings. The molecule has 302 valence electrons. The smallest absolute Gasteiger partial charge is 0.462 e. The fraction of sp³-hybridized carbons (Fsp3) is 0.816. The van der Waals surface area contributed by atoms with Crippen LogP contribution in [0, 0.1) is 17.8 Å². The maximum absolute atomic E-state index is 12.6. The second-order valence-corrected chi connectivity index (χ2v) is 15.7. The predicted molar refractivity (Wildman–Crippen MR) is 197 cm³/mol. The van der Waals surface area contributed by atoms with Crippen LogP contribution in [-0.2, 0) is 37.5 Å². The molecule has 0 aliphatic heterocycles. The third-order valence-corrected chi connectivity index (χ3v) is 9.86. The van der Waals surface area contributed by atoms with Crippen molar-refractivity contribution in [3.05, 3.63) is 24.3 Å². The van der Waals surface area contributed by atoms with Crippen LogP contribution in [0.25, 0.3) is 0 Å². The number of phosphoric acid groups is 1. The van der Waals surface area contributed by atoms with E-state index < -0.39 is 76.5 Å². The largest absolute Gasteiger partial charge is 0.472 e. The van der Waals surface area contributed by atoms with Gasteiger partial charge in [-0.3, -0.25) is 23.4 Å². The summed E-state index contributed by atoms with van der Waals surface area (Å²) < 4.78 is 32.5. The Kier molecular flexibility index (Phi) is 26.3. The molecule has 52 heavy (non-hydrogen) atoms. The lowest BCUT2D eigenvalue weighted by molar-refractivity contribution is -0.161. The van der Waals surface area contributed by atoms with E-state index in [0.29, 0.717) is 38.0 Å². The van der Waals surface area contributed by atoms with Gasteiger partial charge in [-0.25, -0.2) is 4.57 Å². The van der Waals surface area contributed by atoms with Gasteiger partial charge in [-0.05, 0) is 38.0 Å². The van der Waals surface area contributed by atoms with Gasteiger partial charge in [0.2, 0.25) is 0 Å². The molecule has 14 heteroatoms. The van der Waals surface area contributed by atoms with Crippen molar-refractivity contribution in [2.75, 3.05) is 26.4 Å². The molecule has 1 saturated carbocycles. The van der Waals surface area contributed by atoms with Crippen molar-refractivity contribution in [2.45, 2.75) is 154 Å². The van der Waals surface area contributed by atoms with Crippen LogP contribution in [0.5, 0.6) is 0 Å². The van der Waals surface area contributed by atoms with E-state index in [4.69, 9.17) is 19.1 Å². The Balaban J connectivity index is 2.57. The van der Waals surface area contributed by atoms with Gasteiger partial charge in [-0.1, -0.05) is 103 Å². The van der Waals surface area contributed by atoms with Crippen molar-refractivity contribution in [3.8, 4) is 0 Å². The molecule has 1 rings (SSSR count). The third-order valence-electron chi connectivity index (χ3n) is 8.91. The molecule has 0 saturated heterocycles. The van der Waals surface area contributed by atoms with Crippen LogP contribution in [-0.4, -0.2) is 93.9 Å². The first-order valence-electron chi connectivity index (χ1n) is 19.3. The molecule has 0 heterocycles. The van der Waals surface area contributed by atoms with E-state index in [1.54, 1.807) is 12.2 Å². The summed E-state index contributed by atoms with van der Waals surface area (Å²) in [4.78, 5) is 47.4. The lowest BCUT2D eigenvalue weighted by atomic mass is 9.90. The Labute approximate surface area is 310 Å². The maximum Gasteiger partial charge on any atom is 0.472 e. The van der Waals surface area contributed by atoms with Gasteiger partial charge in [-0.2, -0.15) is 0 Å². The number of rotatable bonds is 31. The second-order valence-electron chi connectivity index (χ2n) is 14.2. The molecule has 1 unspecified atom stereocenters. The molecule has 0 aromatic carbocycles. The van der Waals surface area contributed by atoms with E-state index in [0.717, 1.165) is 38.5 Å². The molecule has 0 amide bonds. The van der Waals surface area contributed by atoms with Crippen molar-refractivity contribution >= 4 is 25.5 Å². The number of ether oxygens (including phenoxy) is 2. The van der Waals surface area contributed by atoms with Gasteiger partial charge in [0.15, 0.2) is 6.10 Å². The Hall–Kier alpha value is -1.96. The maximum atomic E-state index is 12.6. The predicted octanol–water partition coefficient (Wildman–Crippen LogP) is 5.89. The molecule has 13 nitrogen and oxygen atoms in total. The van der Waals surface area contributed by atoms with Gasteiger partial charge in [-0.15, -0.1) is 0 Å². The lowest BCUT2D eigenvalue weighted by Gasteiger charge is -2.20. The van der Waals surface area contributed by atoms with E-state index >= 15 is 0 Å². The normalized spacial score (nSPS) is 20.8. The van der Waals surface area contributed by atoms with Crippen LogP contribution < -0.4 is 0 Å². The zero-order valence-electron chi connectivity index (χ0n) is 31.6. The van der Waals surface area contributed by atoms with Gasteiger partial charge >= 0.3 is 19.8 Å². The molecule has 5 N–H and O–H groups in total. The number of carbonyl (C=O) groups is 3. The van der Waals surface area contributed by atoms with Crippen molar-refractivity contribution in [1.82, 2.24) is 0 Å². The number of hydrogen-bond acceptors (Lipinski definition) is 12. The van der Waals surface area contributed by atoms with E-state index in [9.17, 15) is 39.2 Å². The molecular weight excluding hydrogens is 695 g/mol. The van der Waals surface area contributed by atoms with E-state index in [1.807, 2.05) is 12.2 Å². The number of aliphatic hydroxyl groups is 4. The van der Waals surface area contributed by atoms with Crippen molar-refractivity contribution in [1.29, 1.82) is 0 Å². The summed E-state index contributed by atoms with van der Waals surface area (Å²) in [7, 11) is -4.68. The van der Waals surface area contributed by atoms with Gasteiger partial charge in [0.1, 0.15) is 18.5 Å². The third kappa shape index (κ3) is 23.7. The number of unbranched alkanes of at least 4 members (excludes halogenated alkanes) is 8. The van der Waals surface area contributed by atoms with E-state index in [2.05, 4.69) is 25.3 Å². The standard InChI is InChI=1S/C38H67O13P/c1-4-5-12-18-30(40)22-23-34-33(35(42)24-36(34)43)19-14-10-11-16-21-38(45)51-32(28-50-52(46,47)49-26-31(41)25-39)27-48-37(44)20-15-9-7-6-8-13-17-29(2)3/h10,14,22-23,29-35,39-42H,4-9,11-13,15-21,24-28H2,1-3H3,(H,46,47)/b14-10-,23-22+/t30-,31-,32+,33+,34+,35-/m0/s1. The van der Waals surface area contributed by atoms with E-state index in [-0.39, 0.29) is 31.0 Å². The SMILES string of the molecule is CCCCC[C@H](O)/C=C/[C@H]1C(=O)C[C@H](O)[C@@H]1C/C=C\CCCC(=O)O[C@H](COC(=O)CCCCCCCCC(C)C)COP(=O)(O)OC[C@@H](O)CO. The van der Waals surface area contributed by atoms with Crippen molar-refractivity contribution < 1.29 is 62.8 Å². The highest BCUT2D eigenvalue weighted by Crippen LogP contribution is 2.43.